The highest BCUT2D eigenvalue weighted by atomic mass is 32.2. The van der Waals surface area contributed by atoms with Gasteiger partial charge in [-0.3, -0.25) is 4.79 Å². The largest absolute Gasteiger partial charge is 0.511 e. The monoisotopic (exact) mass is 398 g/mol. The molecule has 2 N–H and O–H groups in total. The number of thioether (sulfide) groups is 1. The number of aliphatic hydroxyl groups excluding tert-OH is 1. The summed E-state index contributed by atoms with van der Waals surface area (Å²) in [6.45, 7) is 0. The smallest absolute Gasteiger partial charge is 0.335 e. The fourth-order valence-corrected chi connectivity index (χ4v) is 4.81. The molecule has 2 unspecified atom stereocenters. The molecule has 2 aromatic carbocycles. The molecule has 28 heavy (non-hydrogen) atoms. The maximum absolute atomic E-state index is 12.1. The van der Waals surface area contributed by atoms with Gasteiger partial charge >= 0.3 is 11.9 Å². The predicted molar refractivity (Wildman–Crippen MR) is 108 cm³/mol. The van der Waals surface area contributed by atoms with E-state index < -0.39 is 22.8 Å². The highest BCUT2D eigenvalue weighted by Gasteiger charge is 2.49. The third-order valence-corrected chi connectivity index (χ3v) is 6.13. The molecule has 0 spiro atoms. The van der Waals surface area contributed by atoms with E-state index in [2.05, 4.69) is 0 Å². The Hall–Kier alpha value is -2.73. The van der Waals surface area contributed by atoms with Crippen LogP contribution in [0.1, 0.15) is 24.0 Å². The van der Waals surface area contributed by atoms with E-state index in [0.717, 1.165) is 12.5 Å². The Bertz CT molecular complexity index is 850. The minimum Gasteiger partial charge on any atom is -0.511 e. The van der Waals surface area contributed by atoms with Gasteiger partial charge < -0.3 is 14.9 Å². The summed E-state index contributed by atoms with van der Waals surface area (Å²) in [5.74, 6) is -1.03. The first-order valence-electron chi connectivity index (χ1n) is 9.07. The Balaban J connectivity index is 1.90. The Morgan fingerprint density at radius 1 is 1.07 bits per heavy atom. The first kappa shape index (κ1) is 20.0. The number of esters is 1. The van der Waals surface area contributed by atoms with Crippen LogP contribution in [-0.4, -0.2) is 33.2 Å². The normalized spacial score (nSPS) is 21.6. The van der Waals surface area contributed by atoms with Gasteiger partial charge in [0.1, 0.15) is 11.0 Å². The molecule has 0 aliphatic carbocycles. The molecule has 0 fully saturated rings. The second-order valence-electron chi connectivity index (χ2n) is 6.63. The molecular formula is C22H22O5S. The van der Waals surface area contributed by atoms with Crippen molar-refractivity contribution in [2.45, 2.75) is 30.1 Å². The first-order valence-corrected chi connectivity index (χ1v) is 10.1. The van der Waals surface area contributed by atoms with Gasteiger partial charge in [0, 0.05) is 12.8 Å². The minimum absolute atomic E-state index is 0.0800. The number of aliphatic carboxylic acids is 1. The predicted octanol–water partition coefficient (Wildman–Crippen LogP) is 4.09. The van der Waals surface area contributed by atoms with Crippen molar-refractivity contribution in [2.24, 2.45) is 0 Å². The molecular weight excluding hydrogens is 376 g/mol. The number of hydrogen-bond acceptors (Lipinski definition) is 5. The highest BCUT2D eigenvalue weighted by molar-refractivity contribution is 8.00. The zero-order valence-corrected chi connectivity index (χ0v) is 16.1. The van der Waals surface area contributed by atoms with Crippen LogP contribution in [0, 0.1) is 0 Å². The van der Waals surface area contributed by atoms with Gasteiger partial charge in [-0.2, -0.15) is 0 Å². The number of aryl methyl sites for hydroxylation is 1. The summed E-state index contributed by atoms with van der Waals surface area (Å²) in [6.07, 6.45) is 1.78. The van der Waals surface area contributed by atoms with Crippen molar-refractivity contribution in [3.05, 3.63) is 83.6 Å². The van der Waals surface area contributed by atoms with Crippen molar-refractivity contribution in [1.29, 1.82) is 0 Å². The zero-order chi connectivity index (χ0) is 20.0. The van der Waals surface area contributed by atoms with E-state index in [9.17, 15) is 19.8 Å². The first-order chi connectivity index (χ1) is 13.5. The number of cyclic esters (lactones) is 1. The number of benzene rings is 2. The second kappa shape index (κ2) is 8.97. The molecule has 2 aromatic rings. The maximum atomic E-state index is 12.1. The maximum Gasteiger partial charge on any atom is 0.335 e. The van der Waals surface area contributed by atoms with Gasteiger partial charge in [0.25, 0.3) is 0 Å². The Morgan fingerprint density at radius 3 is 2.36 bits per heavy atom. The van der Waals surface area contributed by atoms with E-state index in [4.69, 9.17) is 4.74 Å². The van der Waals surface area contributed by atoms with Crippen LogP contribution >= 0.6 is 11.8 Å². The average Bonchev–Trinajstić information content (AvgIpc) is 2.69. The molecule has 0 saturated heterocycles. The standard InChI is InChI=1S/C22H22O5S/c23-18-15-20(26)27-22(13-11-19(24)25,17-9-5-2-6-10-17)21(18)28-14-12-16-7-3-1-4-8-16/h1-10,15,21,23H,11-14H2,(H,24,25). The third-order valence-electron chi connectivity index (χ3n) is 4.73. The van der Waals surface area contributed by atoms with Crippen molar-refractivity contribution in [3.8, 4) is 0 Å². The number of carboxylic acid groups (broad SMARTS) is 1. The van der Waals surface area contributed by atoms with Crippen molar-refractivity contribution < 1.29 is 24.5 Å². The van der Waals surface area contributed by atoms with Crippen LogP contribution in [-0.2, 0) is 26.3 Å². The molecule has 1 aliphatic rings. The molecule has 0 bridgehead atoms. The van der Waals surface area contributed by atoms with Crippen LogP contribution < -0.4 is 0 Å². The topological polar surface area (TPSA) is 83.8 Å². The summed E-state index contributed by atoms with van der Waals surface area (Å²) in [6, 6.07) is 19.0. The molecule has 5 nitrogen and oxygen atoms in total. The number of carboxylic acids is 1. The zero-order valence-electron chi connectivity index (χ0n) is 15.3. The lowest BCUT2D eigenvalue weighted by molar-refractivity contribution is -0.160. The van der Waals surface area contributed by atoms with Gasteiger partial charge in [-0.05, 0) is 23.3 Å². The summed E-state index contributed by atoms with van der Waals surface area (Å²) < 4.78 is 5.74. The number of rotatable bonds is 8. The number of hydrogen-bond donors (Lipinski definition) is 2. The Kier molecular flexibility index (Phi) is 6.41. The van der Waals surface area contributed by atoms with Gasteiger partial charge in [-0.25, -0.2) is 4.79 Å². The number of ether oxygens (including phenoxy) is 1. The average molecular weight is 398 g/mol. The van der Waals surface area contributed by atoms with Crippen LogP contribution in [0.15, 0.2) is 72.5 Å². The van der Waals surface area contributed by atoms with E-state index in [1.807, 2.05) is 48.5 Å². The molecule has 3 rings (SSSR count). The van der Waals surface area contributed by atoms with Crippen molar-refractivity contribution in [1.82, 2.24) is 0 Å². The van der Waals surface area contributed by atoms with Gasteiger partial charge in [-0.15, -0.1) is 11.8 Å². The number of carbonyl (C=O) groups is 2. The summed E-state index contributed by atoms with van der Waals surface area (Å²) in [4.78, 5) is 23.4. The van der Waals surface area contributed by atoms with Crippen LogP contribution in [0.25, 0.3) is 0 Å². The molecule has 1 heterocycles. The molecule has 1 aliphatic heterocycles. The van der Waals surface area contributed by atoms with E-state index in [1.165, 1.54) is 17.3 Å². The van der Waals surface area contributed by atoms with E-state index in [1.54, 1.807) is 12.1 Å². The van der Waals surface area contributed by atoms with E-state index in [0.29, 0.717) is 11.3 Å². The summed E-state index contributed by atoms with van der Waals surface area (Å²) in [5, 5.41) is 19.2. The molecule has 2 atom stereocenters. The lowest BCUT2D eigenvalue weighted by Gasteiger charge is -2.42. The molecule has 0 saturated carbocycles. The van der Waals surface area contributed by atoms with Crippen LogP contribution in [0.3, 0.4) is 0 Å². The molecule has 146 valence electrons. The summed E-state index contributed by atoms with van der Waals surface area (Å²) in [7, 11) is 0. The summed E-state index contributed by atoms with van der Waals surface area (Å²) >= 11 is 1.47. The fraction of sp³-hybridized carbons (Fsp3) is 0.273. The third kappa shape index (κ3) is 4.57. The quantitative estimate of drug-likeness (QED) is 0.652. The Labute approximate surface area is 168 Å². The van der Waals surface area contributed by atoms with Gasteiger partial charge in [0.2, 0.25) is 0 Å². The molecule has 0 amide bonds. The lowest BCUT2D eigenvalue weighted by Crippen LogP contribution is -2.46. The Morgan fingerprint density at radius 2 is 1.71 bits per heavy atom. The van der Waals surface area contributed by atoms with E-state index >= 15 is 0 Å². The lowest BCUT2D eigenvalue weighted by atomic mass is 9.83. The van der Waals surface area contributed by atoms with Crippen molar-refractivity contribution in [2.75, 3.05) is 5.75 Å². The minimum atomic E-state index is -1.23. The van der Waals surface area contributed by atoms with Crippen molar-refractivity contribution in [3.63, 3.8) is 0 Å². The van der Waals surface area contributed by atoms with Crippen LogP contribution in [0.2, 0.25) is 0 Å². The summed E-state index contributed by atoms with van der Waals surface area (Å²) in [5.41, 5.74) is 0.625. The SMILES string of the molecule is O=C(O)CCC1(c2ccccc2)OC(=O)C=C(O)C1SCCc1ccccc1. The van der Waals surface area contributed by atoms with Crippen LogP contribution in [0.5, 0.6) is 0 Å². The van der Waals surface area contributed by atoms with Crippen molar-refractivity contribution >= 4 is 23.7 Å². The fourth-order valence-electron chi connectivity index (χ4n) is 3.41. The second-order valence-corrected chi connectivity index (χ2v) is 7.84. The molecule has 6 heteroatoms. The number of carbonyl (C=O) groups excluding carboxylic acids is 1. The number of aliphatic hydroxyl groups is 1. The van der Waals surface area contributed by atoms with Gasteiger partial charge in [0.15, 0.2) is 5.60 Å². The van der Waals surface area contributed by atoms with Crippen LogP contribution in [0.4, 0.5) is 0 Å². The molecule has 0 aromatic heterocycles. The molecule has 0 radical (unpaired) electrons. The highest BCUT2D eigenvalue weighted by Crippen LogP contribution is 2.45. The van der Waals surface area contributed by atoms with Gasteiger partial charge in [-0.1, -0.05) is 60.7 Å². The van der Waals surface area contributed by atoms with Gasteiger partial charge in [0.05, 0.1) is 6.08 Å². The van der Waals surface area contributed by atoms with E-state index in [-0.39, 0.29) is 18.6 Å².